The van der Waals surface area contributed by atoms with Gasteiger partial charge in [0.1, 0.15) is 5.82 Å². The highest BCUT2D eigenvalue weighted by atomic mass is 16.1. The van der Waals surface area contributed by atoms with Crippen molar-refractivity contribution in [3.05, 3.63) is 59.2 Å². The SMILES string of the molecule is Cc1nccc(CNC(=O)c2cccc(CN)c2)n1. The second-order valence-electron chi connectivity index (χ2n) is 4.18. The van der Waals surface area contributed by atoms with Crippen LogP contribution < -0.4 is 11.1 Å². The maximum Gasteiger partial charge on any atom is 0.251 e. The average Bonchev–Trinajstić information content (AvgIpc) is 2.45. The molecule has 1 amide bonds. The third kappa shape index (κ3) is 3.59. The normalized spacial score (nSPS) is 10.2. The van der Waals surface area contributed by atoms with Gasteiger partial charge in [0.15, 0.2) is 0 Å². The second kappa shape index (κ2) is 6.06. The maximum absolute atomic E-state index is 12.0. The van der Waals surface area contributed by atoms with Crippen LogP contribution in [0.25, 0.3) is 0 Å². The molecule has 0 spiro atoms. The average molecular weight is 256 g/mol. The van der Waals surface area contributed by atoms with Crippen molar-refractivity contribution >= 4 is 5.91 Å². The van der Waals surface area contributed by atoms with E-state index in [1.807, 2.05) is 19.1 Å². The Balaban J connectivity index is 2.01. The summed E-state index contributed by atoms with van der Waals surface area (Å²) < 4.78 is 0. The van der Waals surface area contributed by atoms with E-state index in [9.17, 15) is 4.79 Å². The van der Waals surface area contributed by atoms with Gasteiger partial charge < -0.3 is 11.1 Å². The van der Waals surface area contributed by atoms with Crippen LogP contribution in [0.3, 0.4) is 0 Å². The van der Waals surface area contributed by atoms with Crippen molar-refractivity contribution in [1.82, 2.24) is 15.3 Å². The van der Waals surface area contributed by atoms with Gasteiger partial charge >= 0.3 is 0 Å². The summed E-state index contributed by atoms with van der Waals surface area (Å²) in [6, 6.07) is 9.06. The van der Waals surface area contributed by atoms with E-state index < -0.39 is 0 Å². The first kappa shape index (κ1) is 13.2. The van der Waals surface area contributed by atoms with Crippen LogP contribution in [-0.2, 0) is 13.1 Å². The molecule has 0 fully saturated rings. The number of nitrogens with zero attached hydrogens (tertiary/aromatic N) is 2. The molecule has 2 aromatic rings. The number of nitrogens with two attached hydrogens (primary N) is 1. The molecule has 0 atom stereocenters. The molecule has 98 valence electrons. The minimum Gasteiger partial charge on any atom is -0.346 e. The second-order valence-corrected chi connectivity index (χ2v) is 4.18. The molecule has 19 heavy (non-hydrogen) atoms. The fourth-order valence-corrected chi connectivity index (χ4v) is 1.72. The molecule has 0 aliphatic heterocycles. The zero-order chi connectivity index (χ0) is 13.7. The summed E-state index contributed by atoms with van der Waals surface area (Å²) in [5.41, 5.74) is 7.88. The first-order valence-corrected chi connectivity index (χ1v) is 6.05. The molecule has 0 saturated heterocycles. The Hall–Kier alpha value is -2.27. The highest BCUT2D eigenvalue weighted by Crippen LogP contribution is 2.05. The van der Waals surface area contributed by atoms with Crippen LogP contribution in [0.2, 0.25) is 0 Å². The predicted molar refractivity (Wildman–Crippen MR) is 72.3 cm³/mol. The molecule has 0 saturated carbocycles. The van der Waals surface area contributed by atoms with Gasteiger partial charge in [-0.3, -0.25) is 4.79 Å². The number of nitrogens with one attached hydrogen (secondary N) is 1. The number of amides is 1. The Morgan fingerprint density at radius 2 is 2.21 bits per heavy atom. The van der Waals surface area contributed by atoms with Crippen LogP contribution in [-0.4, -0.2) is 15.9 Å². The van der Waals surface area contributed by atoms with Gasteiger partial charge in [-0.25, -0.2) is 9.97 Å². The molecule has 0 bridgehead atoms. The number of hydrogen-bond acceptors (Lipinski definition) is 4. The highest BCUT2D eigenvalue weighted by molar-refractivity contribution is 5.94. The Bertz CT molecular complexity index is 583. The van der Waals surface area contributed by atoms with Crippen molar-refractivity contribution in [2.45, 2.75) is 20.0 Å². The molecular formula is C14H16N4O. The van der Waals surface area contributed by atoms with Crippen LogP contribution >= 0.6 is 0 Å². The van der Waals surface area contributed by atoms with Gasteiger partial charge in [-0.2, -0.15) is 0 Å². The first-order chi connectivity index (χ1) is 9.19. The molecular weight excluding hydrogens is 240 g/mol. The molecule has 1 aromatic heterocycles. The molecule has 0 radical (unpaired) electrons. The van der Waals surface area contributed by atoms with Crippen molar-refractivity contribution in [2.24, 2.45) is 5.73 Å². The maximum atomic E-state index is 12.0. The van der Waals surface area contributed by atoms with Crippen LogP contribution in [0.4, 0.5) is 0 Å². The van der Waals surface area contributed by atoms with Crippen LogP contribution in [0.1, 0.15) is 27.4 Å². The molecule has 2 rings (SSSR count). The summed E-state index contributed by atoms with van der Waals surface area (Å²) in [7, 11) is 0. The zero-order valence-corrected chi connectivity index (χ0v) is 10.8. The van der Waals surface area contributed by atoms with E-state index in [1.54, 1.807) is 24.4 Å². The van der Waals surface area contributed by atoms with E-state index in [1.165, 1.54) is 0 Å². The van der Waals surface area contributed by atoms with E-state index in [2.05, 4.69) is 15.3 Å². The molecule has 3 N–H and O–H groups in total. The van der Waals surface area contributed by atoms with Gasteiger partial charge in [0.05, 0.1) is 12.2 Å². The van der Waals surface area contributed by atoms with E-state index in [0.717, 1.165) is 11.3 Å². The van der Waals surface area contributed by atoms with Crippen molar-refractivity contribution in [1.29, 1.82) is 0 Å². The van der Waals surface area contributed by atoms with E-state index in [4.69, 9.17) is 5.73 Å². The fraction of sp³-hybridized carbons (Fsp3) is 0.214. The van der Waals surface area contributed by atoms with Gasteiger partial charge in [-0.1, -0.05) is 12.1 Å². The molecule has 1 aromatic carbocycles. The number of aryl methyl sites for hydroxylation is 1. The Morgan fingerprint density at radius 1 is 1.37 bits per heavy atom. The number of aromatic nitrogens is 2. The quantitative estimate of drug-likeness (QED) is 0.860. The molecule has 1 heterocycles. The smallest absolute Gasteiger partial charge is 0.251 e. The molecule has 0 aliphatic carbocycles. The summed E-state index contributed by atoms with van der Waals surface area (Å²) in [6.45, 7) is 2.62. The van der Waals surface area contributed by atoms with Gasteiger partial charge in [0.2, 0.25) is 0 Å². The lowest BCUT2D eigenvalue weighted by Gasteiger charge is -2.06. The van der Waals surface area contributed by atoms with Crippen molar-refractivity contribution < 1.29 is 4.79 Å². The third-order valence-electron chi connectivity index (χ3n) is 2.69. The fourth-order valence-electron chi connectivity index (χ4n) is 1.72. The number of carbonyl (C=O) groups is 1. The van der Waals surface area contributed by atoms with Crippen molar-refractivity contribution in [3.63, 3.8) is 0 Å². The summed E-state index contributed by atoms with van der Waals surface area (Å²) in [5.74, 6) is 0.559. The number of hydrogen-bond donors (Lipinski definition) is 2. The summed E-state index contributed by atoms with van der Waals surface area (Å²) in [4.78, 5) is 20.2. The van der Waals surface area contributed by atoms with Gasteiger partial charge in [-0.05, 0) is 30.7 Å². The largest absolute Gasteiger partial charge is 0.346 e. The summed E-state index contributed by atoms with van der Waals surface area (Å²) in [5, 5.41) is 2.82. The summed E-state index contributed by atoms with van der Waals surface area (Å²) >= 11 is 0. The molecule has 0 aliphatic rings. The van der Waals surface area contributed by atoms with Crippen LogP contribution in [0, 0.1) is 6.92 Å². The Morgan fingerprint density at radius 3 is 2.95 bits per heavy atom. The lowest BCUT2D eigenvalue weighted by molar-refractivity contribution is 0.0950. The van der Waals surface area contributed by atoms with Gasteiger partial charge in [0, 0.05) is 18.3 Å². The monoisotopic (exact) mass is 256 g/mol. The molecule has 0 unspecified atom stereocenters. The van der Waals surface area contributed by atoms with Crippen molar-refractivity contribution in [3.8, 4) is 0 Å². The first-order valence-electron chi connectivity index (χ1n) is 6.05. The molecule has 5 heteroatoms. The Kier molecular flexibility index (Phi) is 4.20. The summed E-state index contributed by atoms with van der Waals surface area (Å²) in [6.07, 6.45) is 1.68. The third-order valence-corrected chi connectivity index (χ3v) is 2.69. The zero-order valence-electron chi connectivity index (χ0n) is 10.8. The highest BCUT2D eigenvalue weighted by Gasteiger charge is 2.06. The lowest BCUT2D eigenvalue weighted by Crippen LogP contribution is -2.23. The van der Waals surface area contributed by atoms with E-state index in [-0.39, 0.29) is 5.91 Å². The number of rotatable bonds is 4. The van der Waals surface area contributed by atoms with Crippen molar-refractivity contribution in [2.75, 3.05) is 0 Å². The Labute approximate surface area is 111 Å². The lowest BCUT2D eigenvalue weighted by atomic mass is 10.1. The van der Waals surface area contributed by atoms with E-state index in [0.29, 0.717) is 24.5 Å². The predicted octanol–water partition coefficient (Wildman–Crippen LogP) is 1.17. The number of carbonyl (C=O) groups excluding carboxylic acids is 1. The van der Waals surface area contributed by atoms with Gasteiger partial charge in [0.25, 0.3) is 5.91 Å². The minimum absolute atomic E-state index is 0.133. The standard InChI is InChI=1S/C14H16N4O/c1-10-16-6-5-13(18-10)9-17-14(19)12-4-2-3-11(7-12)8-15/h2-7H,8-9,15H2,1H3,(H,17,19). The van der Waals surface area contributed by atoms with Crippen LogP contribution in [0.5, 0.6) is 0 Å². The topological polar surface area (TPSA) is 80.9 Å². The van der Waals surface area contributed by atoms with Gasteiger partial charge in [-0.15, -0.1) is 0 Å². The van der Waals surface area contributed by atoms with Crippen LogP contribution in [0.15, 0.2) is 36.5 Å². The minimum atomic E-state index is -0.133. The molecule has 5 nitrogen and oxygen atoms in total. The van der Waals surface area contributed by atoms with E-state index >= 15 is 0 Å². The number of benzene rings is 1.